The highest BCUT2D eigenvalue weighted by Crippen LogP contribution is 2.59. The topological polar surface area (TPSA) is 66.9 Å². The van der Waals surface area contributed by atoms with E-state index < -0.39 is 0 Å². The number of carbonyl (C=O) groups excluding carboxylic acids is 3. The van der Waals surface area contributed by atoms with Crippen LogP contribution in [-0.4, -0.2) is 47.0 Å². The first-order chi connectivity index (χ1) is 16.2. The molecule has 3 unspecified atom stereocenters. The van der Waals surface area contributed by atoms with E-state index in [0.717, 1.165) is 24.3 Å². The molecule has 2 saturated carbocycles. The predicted octanol–water partition coefficient (Wildman–Crippen LogP) is 5.19. The summed E-state index contributed by atoms with van der Waals surface area (Å²) in [5.41, 5.74) is 4.13. The summed E-state index contributed by atoms with van der Waals surface area (Å²) in [7, 11) is 0. The van der Waals surface area contributed by atoms with Gasteiger partial charge < -0.3 is 4.74 Å². The van der Waals surface area contributed by atoms with Crippen LogP contribution in [0.2, 0.25) is 0 Å². The monoisotopic (exact) mass is 470 g/mol. The van der Waals surface area contributed by atoms with Crippen molar-refractivity contribution in [3.05, 3.63) is 22.8 Å². The van der Waals surface area contributed by atoms with E-state index in [0.29, 0.717) is 43.2 Å². The average molecular weight is 471 g/mol. The number of ether oxygens (including phenoxy) is 1. The molecule has 6 nitrogen and oxygen atoms in total. The normalized spacial score (nSPS) is 32.6. The molecule has 2 aliphatic heterocycles. The summed E-state index contributed by atoms with van der Waals surface area (Å²) in [5.74, 6) is 1.52. The van der Waals surface area contributed by atoms with Crippen LogP contribution in [0.1, 0.15) is 92.4 Å². The Hall–Kier alpha value is -2.11. The highest BCUT2D eigenvalue weighted by Gasteiger charge is 2.51. The lowest BCUT2D eigenvalue weighted by Gasteiger charge is -2.45. The minimum Gasteiger partial charge on any atom is -0.465 e. The third kappa shape index (κ3) is 4.33. The summed E-state index contributed by atoms with van der Waals surface area (Å²) in [6.45, 7) is 11.9. The van der Waals surface area contributed by atoms with E-state index in [9.17, 15) is 14.4 Å². The lowest BCUT2D eigenvalue weighted by atomic mass is 9.61. The van der Waals surface area contributed by atoms with Crippen LogP contribution >= 0.6 is 0 Å². The van der Waals surface area contributed by atoms with Crippen LogP contribution in [-0.2, 0) is 19.1 Å². The Morgan fingerprint density at radius 1 is 1.21 bits per heavy atom. The number of hydrogen-bond donors (Lipinski definition) is 0. The van der Waals surface area contributed by atoms with Gasteiger partial charge in [0.25, 0.3) is 11.8 Å². The molecule has 0 N–H and O–H groups in total. The van der Waals surface area contributed by atoms with E-state index in [2.05, 4.69) is 33.8 Å². The molecular weight excluding hydrogens is 428 g/mol. The van der Waals surface area contributed by atoms with Crippen molar-refractivity contribution in [2.24, 2.45) is 23.2 Å². The number of rotatable bonds is 7. The average Bonchev–Trinajstić information content (AvgIpc) is 3.30. The lowest BCUT2D eigenvalue weighted by Crippen LogP contribution is -2.52. The minimum absolute atomic E-state index is 0.0503. The van der Waals surface area contributed by atoms with Crippen LogP contribution in [0.5, 0.6) is 0 Å². The first-order valence-corrected chi connectivity index (χ1v) is 13.4. The van der Waals surface area contributed by atoms with Gasteiger partial charge in [-0.15, -0.1) is 0 Å². The maximum absolute atomic E-state index is 13.0. The van der Waals surface area contributed by atoms with Gasteiger partial charge in [0.2, 0.25) is 0 Å². The summed E-state index contributed by atoms with van der Waals surface area (Å²) in [5, 5.41) is 3.38. The Kier molecular flexibility index (Phi) is 7.25. The maximum Gasteiger partial charge on any atom is 0.305 e. The zero-order valence-corrected chi connectivity index (χ0v) is 21.7. The third-order valence-corrected chi connectivity index (χ3v) is 9.09. The molecule has 0 spiro atoms. The predicted molar refractivity (Wildman–Crippen MR) is 131 cm³/mol. The third-order valence-electron chi connectivity index (χ3n) is 9.09. The van der Waals surface area contributed by atoms with Crippen LogP contribution in [0.4, 0.5) is 0 Å². The van der Waals surface area contributed by atoms with Crippen molar-refractivity contribution in [3.63, 3.8) is 0 Å². The van der Waals surface area contributed by atoms with Crippen LogP contribution in [0.25, 0.3) is 0 Å². The van der Waals surface area contributed by atoms with Crippen molar-refractivity contribution in [3.8, 4) is 0 Å². The number of hydrazine groups is 1. The van der Waals surface area contributed by atoms with Crippen LogP contribution in [0, 0.1) is 23.2 Å². The van der Waals surface area contributed by atoms with Crippen LogP contribution < -0.4 is 0 Å². The standard InChI is InChI=1S/C28H42N2O4/c1-6-19-17-29-25(31)16-26(32)30(29)24(21(19)12-14-34-27(33)7-2)15-20-9-8-13-28(5)22(18(3)4)10-11-23(20)28/h15,18,22-24H,6-14,16-17H2,1-5H3/b20-15+/t22?,23?,24-,28?/m0/s1. The fourth-order valence-corrected chi connectivity index (χ4v) is 7.45. The number of hydrogen-bond acceptors (Lipinski definition) is 4. The van der Waals surface area contributed by atoms with Gasteiger partial charge in [0.1, 0.15) is 6.42 Å². The smallest absolute Gasteiger partial charge is 0.305 e. The Balaban J connectivity index is 1.70. The van der Waals surface area contributed by atoms with Crippen molar-refractivity contribution in [2.45, 2.75) is 98.4 Å². The molecule has 2 amide bonds. The Labute approximate surface area is 204 Å². The molecule has 188 valence electrons. The molecule has 2 heterocycles. The zero-order chi connectivity index (χ0) is 24.6. The van der Waals surface area contributed by atoms with Crippen molar-refractivity contribution in [1.82, 2.24) is 10.0 Å². The van der Waals surface area contributed by atoms with E-state index >= 15 is 0 Å². The molecule has 6 heteroatoms. The fraction of sp³-hybridized carbons (Fsp3) is 0.750. The molecule has 0 aromatic carbocycles. The van der Waals surface area contributed by atoms with Crippen molar-refractivity contribution in [1.29, 1.82) is 0 Å². The van der Waals surface area contributed by atoms with Gasteiger partial charge in [0.05, 0.1) is 19.2 Å². The van der Waals surface area contributed by atoms with Gasteiger partial charge >= 0.3 is 5.97 Å². The first kappa shape index (κ1) is 25.0. The van der Waals surface area contributed by atoms with Gasteiger partial charge in [-0.1, -0.05) is 46.3 Å². The number of carbonyl (C=O) groups is 3. The van der Waals surface area contributed by atoms with Gasteiger partial charge in [0.15, 0.2) is 0 Å². The Bertz CT molecular complexity index is 904. The van der Waals surface area contributed by atoms with Gasteiger partial charge in [-0.2, -0.15) is 0 Å². The van der Waals surface area contributed by atoms with E-state index in [1.54, 1.807) is 16.9 Å². The zero-order valence-electron chi connectivity index (χ0n) is 21.7. The second kappa shape index (κ2) is 9.87. The van der Waals surface area contributed by atoms with Crippen LogP contribution in [0.3, 0.4) is 0 Å². The fourth-order valence-electron chi connectivity index (χ4n) is 7.45. The second-order valence-corrected chi connectivity index (χ2v) is 11.2. The molecule has 2 aliphatic carbocycles. The number of allylic oxidation sites excluding steroid dienone is 1. The summed E-state index contributed by atoms with van der Waals surface area (Å²) in [6.07, 6.45) is 10.1. The lowest BCUT2D eigenvalue weighted by molar-refractivity contribution is -0.149. The number of esters is 1. The molecule has 34 heavy (non-hydrogen) atoms. The quantitative estimate of drug-likeness (QED) is 0.292. The van der Waals surface area contributed by atoms with Crippen molar-refractivity contribution in [2.75, 3.05) is 13.2 Å². The van der Waals surface area contributed by atoms with Gasteiger partial charge in [-0.3, -0.25) is 14.4 Å². The number of fused-ring (bicyclic) bond motifs is 2. The first-order valence-electron chi connectivity index (χ1n) is 13.4. The molecule has 3 fully saturated rings. The molecule has 4 rings (SSSR count). The van der Waals surface area contributed by atoms with Crippen molar-refractivity contribution < 1.29 is 19.1 Å². The second-order valence-electron chi connectivity index (χ2n) is 11.2. The minimum atomic E-state index is -0.251. The highest BCUT2D eigenvalue weighted by molar-refractivity contribution is 6.03. The molecule has 4 atom stereocenters. The maximum atomic E-state index is 13.0. The van der Waals surface area contributed by atoms with Gasteiger partial charge in [-0.25, -0.2) is 10.0 Å². The highest BCUT2D eigenvalue weighted by atomic mass is 16.5. The molecular formula is C28H42N2O4. The van der Waals surface area contributed by atoms with E-state index in [4.69, 9.17) is 4.74 Å². The molecule has 0 aromatic rings. The van der Waals surface area contributed by atoms with E-state index in [1.165, 1.54) is 36.8 Å². The summed E-state index contributed by atoms with van der Waals surface area (Å²) >= 11 is 0. The number of nitrogens with zero attached hydrogens (tertiary/aromatic N) is 2. The molecule has 0 aromatic heterocycles. The van der Waals surface area contributed by atoms with Crippen LogP contribution in [0.15, 0.2) is 22.8 Å². The molecule has 0 bridgehead atoms. The molecule has 0 radical (unpaired) electrons. The Morgan fingerprint density at radius 2 is 1.97 bits per heavy atom. The molecule has 4 aliphatic rings. The SMILES string of the molecule is CCC(=O)OCCC1=C(CC)CN2C(=O)CC(=O)N2[C@H]1/C=C1\CCCC2(C)C1CCC2C(C)C. The summed E-state index contributed by atoms with van der Waals surface area (Å²) < 4.78 is 5.43. The van der Waals surface area contributed by atoms with Gasteiger partial charge in [0, 0.05) is 12.8 Å². The largest absolute Gasteiger partial charge is 0.465 e. The van der Waals surface area contributed by atoms with E-state index in [-0.39, 0.29) is 30.2 Å². The van der Waals surface area contributed by atoms with E-state index in [1.807, 2.05) is 0 Å². The van der Waals surface area contributed by atoms with Gasteiger partial charge in [-0.05, 0) is 72.8 Å². The summed E-state index contributed by atoms with van der Waals surface area (Å²) in [4.78, 5) is 37.4. The van der Waals surface area contributed by atoms with Crippen molar-refractivity contribution >= 4 is 17.8 Å². The Morgan fingerprint density at radius 3 is 2.65 bits per heavy atom. The number of amides is 2. The summed E-state index contributed by atoms with van der Waals surface area (Å²) in [6, 6.07) is -0.251. The molecule has 1 saturated heterocycles.